The van der Waals surface area contributed by atoms with E-state index in [1.807, 2.05) is 6.92 Å². The summed E-state index contributed by atoms with van der Waals surface area (Å²) in [6.07, 6.45) is 3.64. The molecule has 1 aliphatic rings. The zero-order valence-corrected chi connectivity index (χ0v) is 12.2. The Bertz CT molecular complexity index is 481. The summed E-state index contributed by atoms with van der Waals surface area (Å²) < 4.78 is 0. The first-order valence-electron chi connectivity index (χ1n) is 6.65. The van der Waals surface area contributed by atoms with Crippen LogP contribution in [0.4, 0.5) is 0 Å². The molecule has 0 spiro atoms. The van der Waals surface area contributed by atoms with Crippen LogP contribution >= 0.6 is 11.6 Å². The molecule has 1 N–H and O–H groups in total. The molecule has 3 nitrogen and oxygen atoms in total. The first kappa shape index (κ1) is 14.4. The quantitative estimate of drug-likeness (QED) is 0.925. The summed E-state index contributed by atoms with van der Waals surface area (Å²) in [7, 11) is 1.74. The monoisotopic (exact) mass is 281 g/mol. The van der Waals surface area contributed by atoms with E-state index >= 15 is 0 Å². The Hall–Kier alpha value is -1.06. The average Bonchev–Trinajstić information content (AvgIpc) is 2.78. The fraction of sp³-hybridized carbons (Fsp3) is 0.533. The van der Waals surface area contributed by atoms with E-state index < -0.39 is 5.60 Å². The third kappa shape index (κ3) is 3.28. The molecule has 19 heavy (non-hydrogen) atoms. The van der Waals surface area contributed by atoms with Gasteiger partial charge in [-0.1, -0.05) is 24.4 Å². The van der Waals surface area contributed by atoms with Crippen molar-refractivity contribution in [3.63, 3.8) is 0 Å². The number of hydrogen-bond acceptors (Lipinski definition) is 2. The van der Waals surface area contributed by atoms with E-state index in [0.29, 0.717) is 17.1 Å². The maximum Gasteiger partial charge on any atom is 0.253 e. The summed E-state index contributed by atoms with van der Waals surface area (Å²) in [6, 6.07) is 5.26. The van der Waals surface area contributed by atoms with Crippen molar-refractivity contribution in [2.75, 3.05) is 13.6 Å². The highest BCUT2D eigenvalue weighted by Gasteiger charge is 2.33. The van der Waals surface area contributed by atoms with Crippen molar-refractivity contribution in [2.24, 2.45) is 0 Å². The summed E-state index contributed by atoms with van der Waals surface area (Å²) in [5.41, 5.74) is 0.804. The van der Waals surface area contributed by atoms with E-state index in [2.05, 4.69) is 0 Å². The van der Waals surface area contributed by atoms with Crippen molar-refractivity contribution in [3.8, 4) is 0 Å². The topological polar surface area (TPSA) is 40.5 Å². The number of benzene rings is 1. The number of carbonyl (C=O) groups excluding carboxylic acids is 1. The molecule has 104 valence electrons. The molecule has 1 amide bonds. The fourth-order valence-electron chi connectivity index (χ4n) is 2.70. The number of aliphatic hydroxyl groups is 1. The Morgan fingerprint density at radius 1 is 1.42 bits per heavy atom. The SMILES string of the molecule is Cc1cc(C(=O)N(C)CC2(O)CCCC2)ccc1Cl. The number of nitrogens with zero attached hydrogens (tertiary/aromatic N) is 1. The molecule has 0 saturated heterocycles. The van der Waals surface area contributed by atoms with Crippen molar-refractivity contribution in [1.29, 1.82) is 0 Å². The minimum absolute atomic E-state index is 0.0694. The minimum atomic E-state index is -0.702. The molecule has 4 heteroatoms. The molecule has 1 saturated carbocycles. The van der Waals surface area contributed by atoms with Crippen LogP contribution in [0.1, 0.15) is 41.6 Å². The lowest BCUT2D eigenvalue weighted by atomic mass is 10.0. The fourth-order valence-corrected chi connectivity index (χ4v) is 2.82. The lowest BCUT2D eigenvalue weighted by Crippen LogP contribution is -2.42. The van der Waals surface area contributed by atoms with E-state index in [1.54, 1.807) is 30.1 Å². The van der Waals surface area contributed by atoms with E-state index in [0.717, 1.165) is 31.2 Å². The van der Waals surface area contributed by atoms with Crippen LogP contribution in [0.2, 0.25) is 5.02 Å². The lowest BCUT2D eigenvalue weighted by Gasteiger charge is -2.28. The van der Waals surface area contributed by atoms with E-state index in [1.165, 1.54) is 0 Å². The molecule has 1 aromatic rings. The van der Waals surface area contributed by atoms with Gasteiger partial charge in [-0.25, -0.2) is 0 Å². The molecule has 0 aromatic heterocycles. The van der Waals surface area contributed by atoms with Gasteiger partial charge in [-0.15, -0.1) is 0 Å². The summed E-state index contributed by atoms with van der Waals surface area (Å²) in [4.78, 5) is 13.9. The van der Waals surface area contributed by atoms with E-state index in [-0.39, 0.29) is 5.91 Å². The Balaban J connectivity index is 2.08. The van der Waals surface area contributed by atoms with Gasteiger partial charge in [0.1, 0.15) is 0 Å². The van der Waals surface area contributed by atoms with Crippen LogP contribution in [0.15, 0.2) is 18.2 Å². The van der Waals surface area contributed by atoms with Crippen molar-refractivity contribution in [1.82, 2.24) is 4.90 Å². The van der Waals surface area contributed by atoms with Gasteiger partial charge in [0.05, 0.1) is 5.60 Å². The van der Waals surface area contributed by atoms with Gasteiger partial charge in [-0.3, -0.25) is 4.79 Å². The molecule has 2 rings (SSSR count). The zero-order chi connectivity index (χ0) is 14.0. The Labute approximate surface area is 119 Å². The number of hydrogen-bond donors (Lipinski definition) is 1. The highest BCUT2D eigenvalue weighted by atomic mass is 35.5. The summed E-state index contributed by atoms with van der Waals surface area (Å²) >= 11 is 5.96. The van der Waals surface area contributed by atoms with Gasteiger partial charge in [-0.05, 0) is 43.5 Å². The maximum absolute atomic E-state index is 12.3. The predicted molar refractivity (Wildman–Crippen MR) is 76.6 cm³/mol. The number of aryl methyl sites for hydroxylation is 1. The van der Waals surface area contributed by atoms with Gasteiger partial charge >= 0.3 is 0 Å². The number of carbonyl (C=O) groups is 1. The van der Waals surface area contributed by atoms with Crippen LogP contribution in [0.3, 0.4) is 0 Å². The first-order valence-corrected chi connectivity index (χ1v) is 7.03. The molecular formula is C15H20ClNO2. The van der Waals surface area contributed by atoms with Crippen LogP contribution in [-0.4, -0.2) is 35.1 Å². The molecule has 0 heterocycles. The number of amides is 1. The number of halogens is 1. The van der Waals surface area contributed by atoms with Crippen LogP contribution < -0.4 is 0 Å². The highest BCUT2D eigenvalue weighted by Crippen LogP contribution is 2.30. The third-order valence-corrected chi connectivity index (χ3v) is 4.24. The molecule has 1 aromatic carbocycles. The molecule has 0 unspecified atom stereocenters. The zero-order valence-electron chi connectivity index (χ0n) is 11.4. The van der Waals surface area contributed by atoms with Crippen LogP contribution in [0, 0.1) is 6.92 Å². The standard InChI is InChI=1S/C15H20ClNO2/c1-11-9-12(5-6-13(11)16)14(18)17(2)10-15(19)7-3-4-8-15/h5-6,9,19H,3-4,7-8,10H2,1-2H3. The number of likely N-dealkylation sites (N-methyl/N-ethyl adjacent to an activating group) is 1. The summed E-state index contributed by atoms with van der Waals surface area (Å²) in [6.45, 7) is 2.27. The number of rotatable bonds is 3. The first-order chi connectivity index (χ1) is 8.91. The van der Waals surface area contributed by atoms with Gasteiger partial charge in [0, 0.05) is 24.2 Å². The van der Waals surface area contributed by atoms with Crippen LogP contribution in [0.25, 0.3) is 0 Å². The predicted octanol–water partition coefficient (Wildman–Crippen LogP) is 3.03. The Morgan fingerprint density at radius 2 is 2.05 bits per heavy atom. The average molecular weight is 282 g/mol. The smallest absolute Gasteiger partial charge is 0.253 e. The minimum Gasteiger partial charge on any atom is -0.388 e. The maximum atomic E-state index is 12.3. The van der Waals surface area contributed by atoms with Crippen molar-refractivity contribution in [2.45, 2.75) is 38.2 Å². The molecule has 1 fully saturated rings. The third-order valence-electron chi connectivity index (χ3n) is 3.82. The second-order valence-electron chi connectivity index (χ2n) is 5.56. The van der Waals surface area contributed by atoms with Gasteiger partial charge < -0.3 is 10.0 Å². The Morgan fingerprint density at radius 3 is 2.63 bits per heavy atom. The van der Waals surface area contributed by atoms with Crippen molar-refractivity contribution >= 4 is 17.5 Å². The largest absolute Gasteiger partial charge is 0.388 e. The van der Waals surface area contributed by atoms with E-state index in [9.17, 15) is 9.90 Å². The van der Waals surface area contributed by atoms with Crippen LogP contribution in [-0.2, 0) is 0 Å². The second-order valence-corrected chi connectivity index (χ2v) is 5.96. The normalized spacial score (nSPS) is 17.5. The van der Waals surface area contributed by atoms with Crippen molar-refractivity contribution in [3.05, 3.63) is 34.3 Å². The highest BCUT2D eigenvalue weighted by molar-refractivity contribution is 6.31. The molecule has 0 atom stereocenters. The van der Waals surface area contributed by atoms with Crippen LogP contribution in [0.5, 0.6) is 0 Å². The van der Waals surface area contributed by atoms with Gasteiger partial charge in [0.2, 0.25) is 0 Å². The lowest BCUT2D eigenvalue weighted by molar-refractivity contribution is 0.0157. The van der Waals surface area contributed by atoms with E-state index in [4.69, 9.17) is 11.6 Å². The summed E-state index contributed by atoms with van der Waals surface area (Å²) in [5.74, 6) is -0.0694. The second kappa shape index (κ2) is 5.51. The molecule has 0 bridgehead atoms. The molecule has 0 aliphatic heterocycles. The molecule has 0 radical (unpaired) electrons. The van der Waals surface area contributed by atoms with Gasteiger partial charge in [0.25, 0.3) is 5.91 Å². The van der Waals surface area contributed by atoms with Crippen molar-refractivity contribution < 1.29 is 9.90 Å². The van der Waals surface area contributed by atoms with Gasteiger partial charge in [0.15, 0.2) is 0 Å². The Kier molecular flexibility index (Phi) is 4.16. The van der Waals surface area contributed by atoms with Gasteiger partial charge in [-0.2, -0.15) is 0 Å². The molecule has 1 aliphatic carbocycles. The molecular weight excluding hydrogens is 262 g/mol. The summed E-state index contributed by atoms with van der Waals surface area (Å²) in [5, 5.41) is 11.0.